The number of ether oxygens (including phenoxy) is 1. The number of methoxy groups -OCH3 is 1. The van der Waals surface area contributed by atoms with E-state index in [0.717, 1.165) is 12.0 Å². The zero-order valence-corrected chi connectivity index (χ0v) is 10.6. The Morgan fingerprint density at radius 3 is 2.78 bits per heavy atom. The number of rotatable bonds is 7. The highest BCUT2D eigenvalue weighted by atomic mass is 16.5. The molecule has 1 N–H and O–H groups in total. The monoisotopic (exact) mass is 246 g/mol. The van der Waals surface area contributed by atoms with Crippen molar-refractivity contribution >= 4 is 5.91 Å². The number of nitrogens with zero attached hydrogens (tertiary/aromatic N) is 1. The largest absolute Gasteiger partial charge is 0.385 e. The Morgan fingerprint density at radius 1 is 1.44 bits per heavy atom. The first-order chi connectivity index (χ1) is 8.77. The SMILES string of the molecule is COCCCNC(=O)C(C#N)Cc1ccccc1. The summed E-state index contributed by atoms with van der Waals surface area (Å²) < 4.78 is 4.89. The summed E-state index contributed by atoms with van der Waals surface area (Å²) in [5.41, 5.74) is 0.996. The molecule has 0 aliphatic rings. The number of carbonyl (C=O) groups is 1. The lowest BCUT2D eigenvalue weighted by atomic mass is 10.00. The minimum Gasteiger partial charge on any atom is -0.385 e. The van der Waals surface area contributed by atoms with Gasteiger partial charge in [-0.15, -0.1) is 0 Å². The molecule has 0 spiro atoms. The number of hydrogen-bond donors (Lipinski definition) is 1. The normalized spacial score (nSPS) is 11.6. The van der Waals surface area contributed by atoms with Crippen LogP contribution in [0.5, 0.6) is 0 Å². The molecule has 0 heterocycles. The molecule has 0 aromatic heterocycles. The second kappa shape index (κ2) is 8.26. The average molecular weight is 246 g/mol. The second-order valence-corrected chi connectivity index (χ2v) is 4.01. The summed E-state index contributed by atoms with van der Waals surface area (Å²) in [5.74, 6) is -0.840. The molecule has 4 heteroatoms. The zero-order valence-electron chi connectivity index (χ0n) is 10.6. The predicted molar refractivity (Wildman–Crippen MR) is 68.8 cm³/mol. The molecule has 1 atom stereocenters. The molecule has 0 fully saturated rings. The molecule has 0 saturated carbocycles. The fourth-order valence-corrected chi connectivity index (χ4v) is 1.60. The third-order valence-corrected chi connectivity index (χ3v) is 2.58. The van der Waals surface area contributed by atoms with Gasteiger partial charge >= 0.3 is 0 Å². The molecule has 18 heavy (non-hydrogen) atoms. The second-order valence-electron chi connectivity index (χ2n) is 4.01. The molecule has 1 rings (SSSR count). The topological polar surface area (TPSA) is 62.1 Å². The maximum atomic E-state index is 11.8. The number of amides is 1. The van der Waals surface area contributed by atoms with E-state index in [1.54, 1.807) is 7.11 Å². The Bertz CT molecular complexity index is 398. The Hall–Kier alpha value is -1.86. The first-order valence-electron chi connectivity index (χ1n) is 5.98. The predicted octanol–water partition coefficient (Wildman–Crippen LogP) is 1.52. The molecular weight excluding hydrogens is 228 g/mol. The summed E-state index contributed by atoms with van der Waals surface area (Å²) in [6, 6.07) is 11.6. The van der Waals surface area contributed by atoms with Crippen LogP contribution >= 0.6 is 0 Å². The van der Waals surface area contributed by atoms with Crippen molar-refractivity contribution in [3.8, 4) is 6.07 Å². The van der Waals surface area contributed by atoms with Crippen molar-refractivity contribution in [1.82, 2.24) is 5.32 Å². The molecule has 1 amide bonds. The van der Waals surface area contributed by atoms with Gasteiger partial charge in [0.2, 0.25) is 5.91 Å². The van der Waals surface area contributed by atoms with Crippen LogP contribution in [0.2, 0.25) is 0 Å². The molecular formula is C14H18N2O2. The third-order valence-electron chi connectivity index (χ3n) is 2.58. The number of benzene rings is 1. The quantitative estimate of drug-likeness (QED) is 0.742. The van der Waals surface area contributed by atoms with Crippen LogP contribution in [0.25, 0.3) is 0 Å². The number of nitriles is 1. The Labute approximate surface area is 108 Å². The Kier molecular flexibility index (Phi) is 6.52. The molecule has 0 aliphatic carbocycles. The van der Waals surface area contributed by atoms with Crippen molar-refractivity contribution < 1.29 is 9.53 Å². The Balaban J connectivity index is 2.41. The average Bonchev–Trinajstić information content (AvgIpc) is 2.42. The summed E-state index contributed by atoms with van der Waals surface area (Å²) >= 11 is 0. The molecule has 1 unspecified atom stereocenters. The van der Waals surface area contributed by atoms with E-state index >= 15 is 0 Å². The molecule has 0 bridgehead atoms. The van der Waals surface area contributed by atoms with E-state index < -0.39 is 5.92 Å². The van der Waals surface area contributed by atoms with Crippen molar-refractivity contribution in [3.63, 3.8) is 0 Å². The number of hydrogen-bond acceptors (Lipinski definition) is 3. The first-order valence-corrected chi connectivity index (χ1v) is 5.98. The van der Waals surface area contributed by atoms with Crippen LogP contribution < -0.4 is 5.32 Å². The first kappa shape index (κ1) is 14.2. The van der Waals surface area contributed by atoms with Crippen LogP contribution in [0, 0.1) is 17.2 Å². The lowest BCUT2D eigenvalue weighted by molar-refractivity contribution is -0.123. The van der Waals surface area contributed by atoms with Gasteiger partial charge in [0, 0.05) is 20.3 Å². The molecule has 0 saturated heterocycles. The van der Waals surface area contributed by atoms with E-state index in [-0.39, 0.29) is 5.91 Å². The van der Waals surface area contributed by atoms with Crippen LogP contribution in [-0.4, -0.2) is 26.2 Å². The van der Waals surface area contributed by atoms with Gasteiger partial charge in [0.1, 0.15) is 5.92 Å². The smallest absolute Gasteiger partial charge is 0.237 e. The summed E-state index contributed by atoms with van der Waals surface area (Å²) in [5, 5.41) is 11.8. The third kappa shape index (κ3) is 4.98. The maximum absolute atomic E-state index is 11.8. The van der Waals surface area contributed by atoms with E-state index in [0.29, 0.717) is 19.6 Å². The van der Waals surface area contributed by atoms with E-state index in [4.69, 9.17) is 10.00 Å². The van der Waals surface area contributed by atoms with Crippen molar-refractivity contribution in [2.75, 3.05) is 20.3 Å². The lowest BCUT2D eigenvalue weighted by Gasteiger charge is -2.10. The minimum absolute atomic E-state index is 0.211. The molecule has 1 aromatic carbocycles. The lowest BCUT2D eigenvalue weighted by Crippen LogP contribution is -2.32. The van der Waals surface area contributed by atoms with Gasteiger partial charge in [0.25, 0.3) is 0 Å². The van der Waals surface area contributed by atoms with Crippen molar-refractivity contribution in [2.24, 2.45) is 5.92 Å². The van der Waals surface area contributed by atoms with Crippen molar-refractivity contribution in [2.45, 2.75) is 12.8 Å². The fourth-order valence-electron chi connectivity index (χ4n) is 1.60. The molecule has 4 nitrogen and oxygen atoms in total. The van der Waals surface area contributed by atoms with Crippen LogP contribution in [0.3, 0.4) is 0 Å². The molecule has 96 valence electrons. The van der Waals surface area contributed by atoms with Gasteiger partial charge in [-0.05, 0) is 18.4 Å². The van der Waals surface area contributed by atoms with Gasteiger partial charge < -0.3 is 10.1 Å². The molecule has 0 radical (unpaired) electrons. The molecule has 0 aliphatic heterocycles. The van der Waals surface area contributed by atoms with Crippen molar-refractivity contribution in [3.05, 3.63) is 35.9 Å². The van der Waals surface area contributed by atoms with Crippen molar-refractivity contribution in [1.29, 1.82) is 5.26 Å². The number of nitrogens with one attached hydrogen (secondary N) is 1. The zero-order chi connectivity index (χ0) is 13.2. The fraction of sp³-hybridized carbons (Fsp3) is 0.429. The van der Waals surface area contributed by atoms with E-state index in [9.17, 15) is 4.79 Å². The van der Waals surface area contributed by atoms with Gasteiger partial charge in [0.15, 0.2) is 0 Å². The van der Waals surface area contributed by atoms with Gasteiger partial charge in [0.05, 0.1) is 6.07 Å². The van der Waals surface area contributed by atoms with E-state index in [2.05, 4.69) is 5.32 Å². The van der Waals surface area contributed by atoms with E-state index in [1.165, 1.54) is 0 Å². The summed E-state index contributed by atoms with van der Waals surface area (Å²) in [6.07, 6.45) is 1.21. The van der Waals surface area contributed by atoms with Crippen LogP contribution in [0.1, 0.15) is 12.0 Å². The highest BCUT2D eigenvalue weighted by Crippen LogP contribution is 2.08. The standard InChI is InChI=1S/C14H18N2O2/c1-18-9-5-8-16-14(17)13(11-15)10-12-6-3-2-4-7-12/h2-4,6-7,13H,5,8-10H2,1H3,(H,16,17). The highest BCUT2D eigenvalue weighted by Gasteiger charge is 2.17. The summed E-state index contributed by atoms with van der Waals surface area (Å²) in [4.78, 5) is 11.8. The van der Waals surface area contributed by atoms with Crippen LogP contribution in [0.4, 0.5) is 0 Å². The highest BCUT2D eigenvalue weighted by molar-refractivity contribution is 5.81. The van der Waals surface area contributed by atoms with Gasteiger partial charge in [-0.2, -0.15) is 5.26 Å². The van der Waals surface area contributed by atoms with Crippen LogP contribution in [-0.2, 0) is 16.0 Å². The van der Waals surface area contributed by atoms with Crippen LogP contribution in [0.15, 0.2) is 30.3 Å². The van der Waals surface area contributed by atoms with Gasteiger partial charge in [-0.25, -0.2) is 0 Å². The summed E-state index contributed by atoms with van der Waals surface area (Å²) in [6.45, 7) is 1.15. The van der Waals surface area contributed by atoms with Gasteiger partial charge in [-0.1, -0.05) is 30.3 Å². The maximum Gasteiger partial charge on any atom is 0.237 e. The Morgan fingerprint density at radius 2 is 2.17 bits per heavy atom. The summed E-state index contributed by atoms with van der Waals surface area (Å²) in [7, 11) is 1.62. The molecule has 1 aromatic rings. The minimum atomic E-state index is -0.630. The van der Waals surface area contributed by atoms with E-state index in [1.807, 2.05) is 36.4 Å². The van der Waals surface area contributed by atoms with Gasteiger partial charge in [-0.3, -0.25) is 4.79 Å². The number of carbonyl (C=O) groups excluding carboxylic acids is 1.